The molecule has 0 saturated carbocycles. The van der Waals surface area contributed by atoms with Gasteiger partial charge >= 0.3 is 0 Å². The molecule has 0 aliphatic heterocycles. The van der Waals surface area contributed by atoms with Crippen molar-refractivity contribution < 1.29 is 19.4 Å². The molecule has 1 heterocycles. The summed E-state index contributed by atoms with van der Waals surface area (Å²) in [4.78, 5) is 25.1. The van der Waals surface area contributed by atoms with Crippen LogP contribution < -0.4 is 15.4 Å². The standard InChI is InChI=1S/C21H20N2O4S/c1-27-17-9-7-14(8-10-17)18(24)13-22-20(25)15-4-2-5-16(12-15)23-21(26)19-6-3-11-28-19/h2-12,18,24H,13H2,1H3,(H,22,25)(H,23,26). The predicted molar refractivity (Wildman–Crippen MR) is 109 cm³/mol. The van der Waals surface area contributed by atoms with E-state index in [2.05, 4.69) is 10.6 Å². The van der Waals surface area contributed by atoms with Crippen molar-refractivity contribution in [1.82, 2.24) is 5.32 Å². The Morgan fingerprint density at radius 2 is 1.86 bits per heavy atom. The van der Waals surface area contributed by atoms with Crippen molar-refractivity contribution in [3.8, 4) is 5.75 Å². The Hall–Kier alpha value is -3.16. The third-order valence-corrected chi connectivity index (χ3v) is 4.95. The van der Waals surface area contributed by atoms with Crippen molar-refractivity contribution in [2.75, 3.05) is 19.0 Å². The first-order chi connectivity index (χ1) is 13.6. The van der Waals surface area contributed by atoms with Crippen LogP contribution in [-0.2, 0) is 0 Å². The van der Waals surface area contributed by atoms with Crippen molar-refractivity contribution in [1.29, 1.82) is 0 Å². The SMILES string of the molecule is COc1ccc(C(O)CNC(=O)c2cccc(NC(=O)c3cccs3)c2)cc1. The van der Waals surface area contributed by atoms with E-state index in [-0.39, 0.29) is 18.4 Å². The van der Waals surface area contributed by atoms with Crippen LogP contribution in [0.4, 0.5) is 5.69 Å². The van der Waals surface area contributed by atoms with E-state index in [1.54, 1.807) is 67.8 Å². The molecule has 2 aromatic carbocycles. The molecule has 2 amide bonds. The summed E-state index contributed by atoms with van der Waals surface area (Å²) in [6.45, 7) is 0.0664. The maximum Gasteiger partial charge on any atom is 0.265 e. The lowest BCUT2D eigenvalue weighted by molar-refractivity contribution is 0.0915. The van der Waals surface area contributed by atoms with Crippen LogP contribution in [0, 0.1) is 0 Å². The number of hydrogen-bond donors (Lipinski definition) is 3. The summed E-state index contributed by atoms with van der Waals surface area (Å²) < 4.78 is 5.09. The van der Waals surface area contributed by atoms with Gasteiger partial charge in [0.25, 0.3) is 11.8 Å². The van der Waals surface area contributed by atoms with E-state index >= 15 is 0 Å². The molecule has 3 rings (SSSR count). The van der Waals surface area contributed by atoms with E-state index in [0.29, 0.717) is 27.4 Å². The van der Waals surface area contributed by atoms with Gasteiger partial charge in [-0.1, -0.05) is 24.3 Å². The van der Waals surface area contributed by atoms with Crippen LogP contribution in [-0.4, -0.2) is 30.6 Å². The second-order valence-corrected chi connectivity index (χ2v) is 6.96. The largest absolute Gasteiger partial charge is 0.497 e. The highest BCUT2D eigenvalue weighted by Gasteiger charge is 2.13. The molecule has 3 N–H and O–H groups in total. The number of nitrogens with one attached hydrogen (secondary N) is 2. The summed E-state index contributed by atoms with van der Waals surface area (Å²) in [6, 6.07) is 17.2. The number of thiophene rings is 1. The lowest BCUT2D eigenvalue weighted by Crippen LogP contribution is -2.28. The molecule has 1 aromatic heterocycles. The molecule has 1 unspecified atom stereocenters. The molecule has 0 bridgehead atoms. The Balaban J connectivity index is 1.58. The molecule has 0 saturated heterocycles. The maximum atomic E-state index is 12.4. The van der Waals surface area contributed by atoms with Crippen LogP contribution in [0.15, 0.2) is 66.0 Å². The highest BCUT2D eigenvalue weighted by Crippen LogP contribution is 2.18. The van der Waals surface area contributed by atoms with Gasteiger partial charge in [-0.2, -0.15) is 0 Å². The molecule has 3 aromatic rings. The van der Waals surface area contributed by atoms with E-state index in [9.17, 15) is 14.7 Å². The van der Waals surface area contributed by atoms with Gasteiger partial charge in [-0.15, -0.1) is 11.3 Å². The zero-order valence-corrected chi connectivity index (χ0v) is 16.0. The molecular weight excluding hydrogens is 376 g/mol. The van der Waals surface area contributed by atoms with Crippen LogP contribution in [0.5, 0.6) is 5.75 Å². The average molecular weight is 396 g/mol. The number of benzene rings is 2. The van der Waals surface area contributed by atoms with Crippen LogP contribution in [0.3, 0.4) is 0 Å². The van der Waals surface area contributed by atoms with Crippen molar-refractivity contribution in [3.05, 3.63) is 82.0 Å². The Kier molecular flexibility index (Phi) is 6.41. The number of amides is 2. The van der Waals surface area contributed by atoms with Gasteiger partial charge in [-0.3, -0.25) is 9.59 Å². The van der Waals surface area contributed by atoms with Crippen molar-refractivity contribution in [2.24, 2.45) is 0 Å². The van der Waals surface area contributed by atoms with Gasteiger partial charge in [0.1, 0.15) is 5.75 Å². The van der Waals surface area contributed by atoms with Gasteiger partial charge in [0.05, 0.1) is 18.1 Å². The number of aliphatic hydroxyl groups excluding tert-OH is 1. The summed E-state index contributed by atoms with van der Waals surface area (Å²) in [6.07, 6.45) is -0.837. The van der Waals surface area contributed by atoms with Crippen molar-refractivity contribution in [3.63, 3.8) is 0 Å². The van der Waals surface area contributed by atoms with Gasteiger partial charge in [-0.25, -0.2) is 0 Å². The molecule has 7 heteroatoms. The van der Waals surface area contributed by atoms with Crippen LogP contribution in [0.25, 0.3) is 0 Å². The lowest BCUT2D eigenvalue weighted by atomic mass is 10.1. The number of ether oxygens (including phenoxy) is 1. The Morgan fingerprint density at radius 1 is 1.07 bits per heavy atom. The highest BCUT2D eigenvalue weighted by molar-refractivity contribution is 7.12. The fourth-order valence-corrected chi connectivity index (χ4v) is 3.19. The van der Waals surface area contributed by atoms with Gasteiger partial charge in [-0.05, 0) is 47.3 Å². The van der Waals surface area contributed by atoms with E-state index in [0.717, 1.165) is 0 Å². The van der Waals surface area contributed by atoms with Crippen molar-refractivity contribution >= 4 is 28.8 Å². The molecule has 6 nitrogen and oxygen atoms in total. The van der Waals surface area contributed by atoms with E-state index < -0.39 is 6.10 Å². The summed E-state index contributed by atoms with van der Waals surface area (Å²) in [7, 11) is 1.57. The first kappa shape index (κ1) is 19.6. The molecule has 0 aliphatic carbocycles. The fraction of sp³-hybridized carbons (Fsp3) is 0.143. The molecule has 1 atom stereocenters. The van der Waals surface area contributed by atoms with E-state index in [1.165, 1.54) is 11.3 Å². The minimum absolute atomic E-state index is 0.0664. The number of carbonyl (C=O) groups excluding carboxylic acids is 2. The molecule has 144 valence electrons. The quantitative estimate of drug-likeness (QED) is 0.571. The summed E-state index contributed by atoms with van der Waals surface area (Å²) >= 11 is 1.35. The van der Waals surface area contributed by atoms with E-state index in [1.807, 2.05) is 5.38 Å². The maximum absolute atomic E-state index is 12.4. The smallest absolute Gasteiger partial charge is 0.265 e. The van der Waals surface area contributed by atoms with Gasteiger partial charge < -0.3 is 20.5 Å². The number of anilines is 1. The average Bonchev–Trinajstić information content (AvgIpc) is 3.27. The number of carbonyl (C=O) groups is 2. The number of rotatable bonds is 7. The Labute approximate surface area is 166 Å². The third-order valence-electron chi connectivity index (χ3n) is 4.08. The Morgan fingerprint density at radius 3 is 2.54 bits per heavy atom. The fourth-order valence-electron chi connectivity index (χ4n) is 2.57. The van der Waals surface area contributed by atoms with Gasteiger partial charge in [0, 0.05) is 17.8 Å². The predicted octanol–water partition coefficient (Wildman–Crippen LogP) is 3.47. The zero-order chi connectivity index (χ0) is 19.9. The summed E-state index contributed by atoms with van der Waals surface area (Å²) in [5, 5.41) is 17.5. The van der Waals surface area contributed by atoms with Crippen molar-refractivity contribution in [2.45, 2.75) is 6.10 Å². The Bertz CT molecular complexity index is 939. The minimum Gasteiger partial charge on any atom is -0.497 e. The number of methoxy groups -OCH3 is 1. The number of hydrogen-bond acceptors (Lipinski definition) is 5. The molecule has 0 aliphatic rings. The normalized spacial score (nSPS) is 11.5. The summed E-state index contributed by atoms with van der Waals surface area (Å²) in [5.74, 6) is 0.142. The monoisotopic (exact) mass is 396 g/mol. The molecule has 28 heavy (non-hydrogen) atoms. The molecule has 0 spiro atoms. The van der Waals surface area contributed by atoms with Crippen LogP contribution in [0.2, 0.25) is 0 Å². The second-order valence-electron chi connectivity index (χ2n) is 6.01. The third kappa shape index (κ3) is 4.97. The van der Waals surface area contributed by atoms with E-state index in [4.69, 9.17) is 4.74 Å². The molecule has 0 fully saturated rings. The van der Waals surface area contributed by atoms with Gasteiger partial charge in [0.2, 0.25) is 0 Å². The topological polar surface area (TPSA) is 87.7 Å². The van der Waals surface area contributed by atoms with Crippen LogP contribution >= 0.6 is 11.3 Å². The van der Waals surface area contributed by atoms with Crippen LogP contribution in [0.1, 0.15) is 31.7 Å². The highest BCUT2D eigenvalue weighted by atomic mass is 32.1. The first-order valence-electron chi connectivity index (χ1n) is 8.62. The molecular formula is C21H20N2O4S. The molecule has 0 radical (unpaired) electrons. The first-order valence-corrected chi connectivity index (χ1v) is 9.50. The minimum atomic E-state index is -0.837. The second kappa shape index (κ2) is 9.16. The number of aliphatic hydroxyl groups is 1. The summed E-state index contributed by atoms with van der Waals surface area (Å²) in [5.41, 5.74) is 1.60. The lowest BCUT2D eigenvalue weighted by Gasteiger charge is -2.13. The zero-order valence-electron chi connectivity index (χ0n) is 15.2. The van der Waals surface area contributed by atoms with Gasteiger partial charge in [0.15, 0.2) is 0 Å².